The summed E-state index contributed by atoms with van der Waals surface area (Å²) >= 11 is 0. The molecule has 2 aromatic heterocycles. The summed E-state index contributed by atoms with van der Waals surface area (Å²) in [6, 6.07) is 14.8. The predicted octanol–water partition coefficient (Wildman–Crippen LogP) is 0.877. The first-order chi connectivity index (χ1) is 14.7. The van der Waals surface area contributed by atoms with E-state index in [4.69, 9.17) is 9.47 Å². The highest BCUT2D eigenvalue weighted by Gasteiger charge is 2.50. The predicted molar refractivity (Wildman–Crippen MR) is 112 cm³/mol. The zero-order valence-electron chi connectivity index (χ0n) is 17.3. The number of benzene rings is 1. The molecule has 1 aromatic carbocycles. The molecule has 2 fully saturated rings. The minimum Gasteiger partial charge on any atom is -0.378 e. The van der Waals surface area contributed by atoms with Gasteiger partial charge in [0.15, 0.2) is 0 Å². The third kappa shape index (κ3) is 3.69. The summed E-state index contributed by atoms with van der Waals surface area (Å²) in [7, 11) is 4.11. The molecule has 4 heterocycles. The van der Waals surface area contributed by atoms with Crippen LogP contribution in [0.4, 0.5) is 5.69 Å². The first kappa shape index (κ1) is 19.2. The van der Waals surface area contributed by atoms with E-state index in [9.17, 15) is 0 Å². The van der Waals surface area contributed by atoms with Crippen LogP contribution in [0, 0.1) is 0 Å². The number of hydrogen-bond acceptors (Lipinski definition) is 6. The second-order valence-electron chi connectivity index (χ2n) is 8.13. The third-order valence-corrected chi connectivity index (χ3v) is 5.95. The molecule has 5 rings (SSSR count). The smallest absolute Gasteiger partial charge is 0.140 e. The van der Waals surface area contributed by atoms with Crippen molar-refractivity contribution in [3.05, 3.63) is 60.4 Å². The second-order valence-corrected chi connectivity index (χ2v) is 8.13. The van der Waals surface area contributed by atoms with Gasteiger partial charge in [-0.2, -0.15) is 0 Å². The van der Waals surface area contributed by atoms with Crippen molar-refractivity contribution >= 4 is 5.69 Å². The van der Waals surface area contributed by atoms with E-state index in [-0.39, 0.29) is 24.3 Å². The number of nitrogens with zero attached hydrogens (tertiary/aromatic N) is 5. The monoisotopic (exact) mass is 407 g/mol. The van der Waals surface area contributed by atoms with Gasteiger partial charge in [0.2, 0.25) is 0 Å². The molecule has 0 spiro atoms. The van der Waals surface area contributed by atoms with Gasteiger partial charge in [-0.25, -0.2) is 4.68 Å². The fourth-order valence-electron chi connectivity index (χ4n) is 4.23. The van der Waals surface area contributed by atoms with Crippen LogP contribution in [0.3, 0.4) is 0 Å². The van der Waals surface area contributed by atoms with Crippen molar-refractivity contribution in [2.24, 2.45) is 0 Å². The average Bonchev–Trinajstić information content (AvgIpc) is 3.50. The molecule has 8 heteroatoms. The van der Waals surface area contributed by atoms with E-state index in [1.165, 1.54) is 11.3 Å². The molecule has 0 unspecified atom stereocenters. The molecule has 0 aliphatic carbocycles. The maximum absolute atomic E-state index is 6.14. The second kappa shape index (κ2) is 8.14. The molecule has 0 bridgehead atoms. The summed E-state index contributed by atoms with van der Waals surface area (Å²) in [6.07, 6.45) is 3.77. The van der Waals surface area contributed by atoms with Crippen LogP contribution in [-0.4, -0.2) is 65.5 Å². The van der Waals surface area contributed by atoms with E-state index in [0.29, 0.717) is 13.2 Å². The van der Waals surface area contributed by atoms with Crippen LogP contribution in [-0.2, 0) is 16.0 Å². The van der Waals surface area contributed by atoms with Crippen molar-refractivity contribution in [1.82, 2.24) is 20.0 Å². The molecule has 30 heavy (non-hydrogen) atoms. The number of ether oxygens (including phenoxy) is 2. The molecule has 0 amide bonds. The first-order valence-electron chi connectivity index (χ1n) is 10.3. The summed E-state index contributed by atoms with van der Waals surface area (Å²) in [4.78, 5) is 6.46. The van der Waals surface area contributed by atoms with E-state index in [2.05, 4.69) is 63.9 Å². The fourth-order valence-corrected chi connectivity index (χ4v) is 4.23. The minimum absolute atomic E-state index is 0.000601. The number of rotatable bonds is 6. The van der Waals surface area contributed by atoms with Gasteiger partial charge < -0.3 is 19.7 Å². The molecular weight excluding hydrogens is 380 g/mol. The van der Waals surface area contributed by atoms with E-state index < -0.39 is 0 Å². The quantitative estimate of drug-likeness (QED) is 0.653. The molecule has 0 radical (unpaired) electrons. The topological polar surface area (TPSA) is 81.9 Å². The number of aromatic nitrogens is 4. The van der Waals surface area contributed by atoms with E-state index in [1.54, 1.807) is 6.20 Å². The Balaban J connectivity index is 1.21. The molecule has 156 valence electrons. The molecule has 2 aliphatic rings. The molecule has 2 N–H and O–H groups in total. The van der Waals surface area contributed by atoms with Crippen LogP contribution in [0.1, 0.15) is 11.6 Å². The average molecular weight is 407 g/mol. The molecule has 2 saturated heterocycles. The molecule has 8 nitrogen and oxygen atoms in total. The summed E-state index contributed by atoms with van der Waals surface area (Å²) < 4.78 is 14.2. The highest BCUT2D eigenvalue weighted by molar-refractivity contribution is 5.51. The highest BCUT2D eigenvalue weighted by Crippen LogP contribution is 2.33. The van der Waals surface area contributed by atoms with Crippen LogP contribution < -0.4 is 10.2 Å². The number of nitrogens with two attached hydrogens (primary N) is 1. The van der Waals surface area contributed by atoms with Crippen molar-refractivity contribution in [3.8, 4) is 11.4 Å². The van der Waals surface area contributed by atoms with Gasteiger partial charge in [-0.15, -0.1) is 5.10 Å². The van der Waals surface area contributed by atoms with Crippen LogP contribution in [0.2, 0.25) is 0 Å². The van der Waals surface area contributed by atoms with Crippen molar-refractivity contribution in [2.75, 3.05) is 32.2 Å². The SMILES string of the molecule is CN(C)c1ccc(C[NH2+][C@H]2CO[C@H]3[C@@H]2OC[C@@H]3n2cc(-c3ccccn3)nn2)cc1. The van der Waals surface area contributed by atoms with Gasteiger partial charge in [0.25, 0.3) is 0 Å². The van der Waals surface area contributed by atoms with Gasteiger partial charge >= 0.3 is 0 Å². The lowest BCUT2D eigenvalue weighted by molar-refractivity contribution is -0.707. The Hall–Kier alpha value is -2.81. The lowest BCUT2D eigenvalue weighted by Crippen LogP contribution is -2.91. The summed E-state index contributed by atoms with van der Waals surface area (Å²) in [5, 5.41) is 10.9. The third-order valence-electron chi connectivity index (χ3n) is 5.95. The maximum Gasteiger partial charge on any atom is 0.140 e. The first-order valence-corrected chi connectivity index (χ1v) is 10.3. The fraction of sp³-hybridized carbons (Fsp3) is 0.409. The van der Waals surface area contributed by atoms with Crippen molar-refractivity contribution in [2.45, 2.75) is 30.8 Å². The van der Waals surface area contributed by atoms with Gasteiger partial charge in [0.1, 0.15) is 43.1 Å². The Bertz CT molecular complexity index is 975. The van der Waals surface area contributed by atoms with Gasteiger partial charge in [0.05, 0.1) is 18.5 Å². The highest BCUT2D eigenvalue weighted by atomic mass is 16.6. The van der Waals surface area contributed by atoms with Gasteiger partial charge in [-0.3, -0.25) is 4.98 Å². The Morgan fingerprint density at radius 2 is 1.87 bits per heavy atom. The van der Waals surface area contributed by atoms with Gasteiger partial charge in [-0.1, -0.05) is 23.4 Å². The number of quaternary nitrogens is 1. The van der Waals surface area contributed by atoms with Crippen molar-refractivity contribution in [3.63, 3.8) is 0 Å². The van der Waals surface area contributed by atoms with Crippen LogP contribution in [0.5, 0.6) is 0 Å². The van der Waals surface area contributed by atoms with E-state index in [1.807, 2.05) is 29.1 Å². The lowest BCUT2D eigenvalue weighted by Gasteiger charge is -2.16. The molecule has 4 atom stereocenters. The Kier molecular flexibility index (Phi) is 5.20. The summed E-state index contributed by atoms with van der Waals surface area (Å²) in [5.41, 5.74) is 4.09. The Morgan fingerprint density at radius 3 is 2.63 bits per heavy atom. The number of pyridine rings is 1. The number of hydrogen-bond donors (Lipinski definition) is 1. The number of anilines is 1. The van der Waals surface area contributed by atoms with Crippen molar-refractivity contribution in [1.29, 1.82) is 0 Å². The molecule has 2 aliphatic heterocycles. The van der Waals surface area contributed by atoms with E-state index >= 15 is 0 Å². The zero-order chi connectivity index (χ0) is 20.5. The Morgan fingerprint density at radius 1 is 1.03 bits per heavy atom. The minimum atomic E-state index is 0.000601. The largest absolute Gasteiger partial charge is 0.378 e. The molecule has 3 aromatic rings. The normalized spacial score (nSPS) is 25.4. The Labute approximate surface area is 175 Å². The van der Waals surface area contributed by atoms with Crippen molar-refractivity contribution < 1.29 is 14.8 Å². The van der Waals surface area contributed by atoms with E-state index in [0.717, 1.165) is 17.9 Å². The zero-order valence-corrected chi connectivity index (χ0v) is 17.3. The summed E-state index contributed by atoms with van der Waals surface area (Å²) in [5.74, 6) is 0. The standard InChI is InChI=1S/C22H26N6O2/c1-27(2)16-8-6-15(7-9-16)11-24-19-13-29-22-20(14-30-21(19)22)28-12-18(25-26-28)17-5-3-4-10-23-17/h3-10,12,19-22,24H,11,13-14H2,1-2H3/p+1/t19-,20-,21+,22+/m0/s1. The van der Waals surface area contributed by atoms with Gasteiger partial charge in [-0.05, 0) is 24.3 Å². The lowest BCUT2D eigenvalue weighted by atomic mass is 10.1. The maximum atomic E-state index is 6.14. The molecule has 0 saturated carbocycles. The van der Waals surface area contributed by atoms with Crippen LogP contribution in [0.25, 0.3) is 11.4 Å². The summed E-state index contributed by atoms with van der Waals surface area (Å²) in [6.45, 7) is 2.18. The molecular formula is C22H27N6O2+. The van der Waals surface area contributed by atoms with Gasteiger partial charge in [0, 0.05) is 31.5 Å². The van der Waals surface area contributed by atoms with Crippen LogP contribution >= 0.6 is 0 Å². The number of fused-ring (bicyclic) bond motifs is 1. The van der Waals surface area contributed by atoms with Crippen LogP contribution in [0.15, 0.2) is 54.9 Å².